The van der Waals surface area contributed by atoms with Crippen LogP contribution in [0.4, 0.5) is 10.5 Å². The molecule has 6 heteroatoms. The Balaban J connectivity index is 1.96. The summed E-state index contributed by atoms with van der Waals surface area (Å²) in [5, 5.41) is 3.51. The van der Waals surface area contributed by atoms with Crippen molar-refractivity contribution in [3.63, 3.8) is 0 Å². The Morgan fingerprint density at radius 1 is 1.45 bits per heavy atom. The second-order valence-electron chi connectivity index (χ2n) is 5.05. The van der Waals surface area contributed by atoms with E-state index < -0.39 is 0 Å². The molecule has 20 heavy (non-hydrogen) atoms. The van der Waals surface area contributed by atoms with Crippen molar-refractivity contribution in [2.45, 2.75) is 19.8 Å². The van der Waals surface area contributed by atoms with Crippen LogP contribution in [-0.2, 0) is 0 Å². The van der Waals surface area contributed by atoms with Crippen molar-refractivity contribution in [3.05, 3.63) is 28.8 Å². The van der Waals surface area contributed by atoms with Gasteiger partial charge in [0, 0.05) is 29.7 Å². The third kappa shape index (κ3) is 3.61. The van der Waals surface area contributed by atoms with Crippen LogP contribution in [0.5, 0.6) is 0 Å². The van der Waals surface area contributed by atoms with Gasteiger partial charge in [0.1, 0.15) is 0 Å². The molecule has 108 valence electrons. The van der Waals surface area contributed by atoms with Crippen LogP contribution in [0.1, 0.15) is 18.4 Å². The van der Waals surface area contributed by atoms with Crippen LogP contribution in [0.25, 0.3) is 0 Å². The zero-order chi connectivity index (χ0) is 14.7. The molecule has 0 bridgehead atoms. The average molecular weight is 312 g/mol. The smallest absolute Gasteiger partial charge is 0.321 e. The minimum absolute atomic E-state index is 0.100. The van der Waals surface area contributed by atoms with Gasteiger partial charge in [-0.3, -0.25) is 0 Å². The lowest BCUT2D eigenvalue weighted by molar-refractivity contribution is 0.193. The van der Waals surface area contributed by atoms with Gasteiger partial charge in [-0.25, -0.2) is 4.79 Å². The highest BCUT2D eigenvalue weighted by Gasteiger charge is 2.24. The minimum atomic E-state index is -0.100. The van der Waals surface area contributed by atoms with E-state index in [1.54, 1.807) is 17.0 Å². The number of nitrogens with one attached hydrogen (secondary N) is 1. The molecule has 1 fully saturated rings. The number of nitrogens with two attached hydrogens (primary N) is 1. The number of anilines is 1. The molecule has 4 nitrogen and oxygen atoms in total. The summed E-state index contributed by atoms with van der Waals surface area (Å²) in [5.74, 6) is 0.252. The Morgan fingerprint density at radius 3 is 2.70 bits per heavy atom. The van der Waals surface area contributed by atoms with Crippen LogP contribution in [0.3, 0.4) is 0 Å². The summed E-state index contributed by atoms with van der Waals surface area (Å²) in [6.07, 6.45) is 1.66. The van der Waals surface area contributed by atoms with Crippen molar-refractivity contribution in [2.75, 3.05) is 18.4 Å². The number of hydrogen-bond acceptors (Lipinski definition) is 2. The van der Waals surface area contributed by atoms with Crippen LogP contribution in [0, 0.1) is 12.8 Å². The van der Waals surface area contributed by atoms with Gasteiger partial charge in [0.2, 0.25) is 0 Å². The molecule has 1 heterocycles. The fourth-order valence-corrected chi connectivity index (χ4v) is 2.70. The average Bonchev–Trinajstić information content (AvgIpc) is 2.43. The number of urea groups is 1. The first kappa shape index (κ1) is 15.1. The van der Waals surface area contributed by atoms with Crippen molar-refractivity contribution >= 4 is 40.5 Å². The van der Waals surface area contributed by atoms with E-state index in [-0.39, 0.29) is 11.9 Å². The predicted octanol–water partition coefficient (Wildman–Crippen LogP) is 3.18. The van der Waals surface area contributed by atoms with E-state index in [9.17, 15) is 4.79 Å². The molecule has 1 saturated heterocycles. The Bertz CT molecular complexity index is 527. The summed E-state index contributed by atoms with van der Waals surface area (Å²) in [6.45, 7) is 3.28. The van der Waals surface area contributed by atoms with Crippen LogP contribution in [-0.4, -0.2) is 29.0 Å². The molecule has 1 aromatic rings. The van der Waals surface area contributed by atoms with E-state index in [4.69, 9.17) is 29.6 Å². The van der Waals surface area contributed by atoms with Crippen molar-refractivity contribution in [3.8, 4) is 0 Å². The molecule has 1 aliphatic heterocycles. The molecular weight excluding hydrogens is 294 g/mol. The molecule has 0 saturated carbocycles. The zero-order valence-corrected chi connectivity index (χ0v) is 12.9. The van der Waals surface area contributed by atoms with Crippen molar-refractivity contribution < 1.29 is 4.79 Å². The standard InChI is InChI=1S/C14H18ClN3OS/c1-9-2-3-11(15)8-12(9)17-14(19)18-6-4-10(5-7-18)13(16)20/h2-3,8,10H,4-7H2,1H3,(H2,16,20)(H,17,19). The lowest BCUT2D eigenvalue weighted by atomic mass is 9.97. The SMILES string of the molecule is Cc1ccc(Cl)cc1NC(=O)N1CCC(C(N)=S)CC1. The van der Waals surface area contributed by atoms with E-state index in [1.807, 2.05) is 13.0 Å². The highest BCUT2D eigenvalue weighted by molar-refractivity contribution is 7.80. The minimum Gasteiger partial charge on any atom is -0.393 e. The summed E-state index contributed by atoms with van der Waals surface area (Å²) in [5.41, 5.74) is 7.38. The Labute approximate surface area is 129 Å². The van der Waals surface area contributed by atoms with Gasteiger partial charge < -0.3 is 16.0 Å². The maximum Gasteiger partial charge on any atom is 0.321 e. The van der Waals surface area contributed by atoms with Crippen LogP contribution < -0.4 is 11.1 Å². The molecule has 0 unspecified atom stereocenters. The van der Waals surface area contributed by atoms with E-state index in [2.05, 4.69) is 5.32 Å². The quantitative estimate of drug-likeness (QED) is 0.825. The van der Waals surface area contributed by atoms with Crippen molar-refractivity contribution in [2.24, 2.45) is 11.7 Å². The van der Waals surface area contributed by atoms with Crippen molar-refractivity contribution in [1.82, 2.24) is 4.90 Å². The van der Waals surface area contributed by atoms with Gasteiger partial charge in [0.05, 0.1) is 4.99 Å². The van der Waals surface area contributed by atoms with E-state index in [1.165, 1.54) is 0 Å². The summed E-state index contributed by atoms with van der Waals surface area (Å²) in [7, 11) is 0. The number of carbonyl (C=O) groups excluding carboxylic acids is 1. The number of hydrogen-bond donors (Lipinski definition) is 2. The molecular formula is C14H18ClN3OS. The molecule has 0 atom stereocenters. The topological polar surface area (TPSA) is 58.4 Å². The number of benzene rings is 1. The Morgan fingerprint density at radius 2 is 2.10 bits per heavy atom. The third-order valence-corrected chi connectivity index (χ3v) is 4.19. The highest BCUT2D eigenvalue weighted by atomic mass is 35.5. The van der Waals surface area contributed by atoms with Gasteiger partial charge in [-0.15, -0.1) is 0 Å². The van der Waals surface area contributed by atoms with Gasteiger partial charge in [-0.05, 0) is 37.5 Å². The van der Waals surface area contributed by atoms with Crippen LogP contribution >= 0.6 is 23.8 Å². The number of aryl methyl sites for hydroxylation is 1. The second-order valence-corrected chi connectivity index (χ2v) is 5.96. The number of rotatable bonds is 2. The van der Waals surface area contributed by atoms with Crippen molar-refractivity contribution in [1.29, 1.82) is 0 Å². The fraction of sp³-hybridized carbons (Fsp3) is 0.429. The zero-order valence-electron chi connectivity index (χ0n) is 11.4. The molecule has 0 spiro atoms. The second kappa shape index (κ2) is 6.41. The number of piperidine rings is 1. The molecule has 0 aromatic heterocycles. The summed E-state index contributed by atoms with van der Waals surface area (Å²) < 4.78 is 0. The number of thiocarbonyl (C=S) groups is 1. The molecule has 1 aromatic carbocycles. The molecule has 1 aliphatic rings. The summed E-state index contributed by atoms with van der Waals surface area (Å²) >= 11 is 10.9. The lowest BCUT2D eigenvalue weighted by Crippen LogP contribution is -2.43. The monoisotopic (exact) mass is 311 g/mol. The first-order valence-electron chi connectivity index (χ1n) is 6.59. The van der Waals surface area contributed by atoms with Gasteiger partial charge in [-0.1, -0.05) is 29.9 Å². The maximum atomic E-state index is 12.2. The molecule has 0 aliphatic carbocycles. The largest absolute Gasteiger partial charge is 0.393 e. The predicted molar refractivity (Wildman–Crippen MR) is 86.3 cm³/mol. The van der Waals surface area contributed by atoms with E-state index in [0.29, 0.717) is 23.1 Å². The van der Waals surface area contributed by atoms with Crippen LogP contribution in [0.2, 0.25) is 5.02 Å². The van der Waals surface area contributed by atoms with Crippen LogP contribution in [0.15, 0.2) is 18.2 Å². The van der Waals surface area contributed by atoms with Gasteiger partial charge in [0.15, 0.2) is 0 Å². The first-order valence-corrected chi connectivity index (χ1v) is 7.37. The Kier molecular flexibility index (Phi) is 4.83. The number of amides is 2. The highest BCUT2D eigenvalue weighted by Crippen LogP contribution is 2.22. The number of carbonyl (C=O) groups is 1. The number of likely N-dealkylation sites (tertiary alicyclic amines) is 1. The van der Waals surface area contributed by atoms with E-state index in [0.717, 1.165) is 24.1 Å². The normalized spacial score (nSPS) is 16.0. The van der Waals surface area contributed by atoms with Gasteiger partial charge in [-0.2, -0.15) is 0 Å². The molecule has 3 N–H and O–H groups in total. The maximum absolute atomic E-state index is 12.2. The lowest BCUT2D eigenvalue weighted by Gasteiger charge is -2.31. The first-order chi connectivity index (χ1) is 9.47. The number of nitrogens with zero attached hydrogens (tertiary/aromatic N) is 1. The third-order valence-electron chi connectivity index (χ3n) is 3.63. The molecule has 0 radical (unpaired) electrons. The van der Waals surface area contributed by atoms with Gasteiger partial charge >= 0.3 is 6.03 Å². The molecule has 2 rings (SSSR count). The number of halogens is 1. The fourth-order valence-electron chi connectivity index (χ4n) is 2.29. The summed E-state index contributed by atoms with van der Waals surface area (Å²) in [4.78, 5) is 14.6. The van der Waals surface area contributed by atoms with Gasteiger partial charge in [0.25, 0.3) is 0 Å². The Hall–Kier alpha value is -1.33. The molecule has 2 amide bonds. The van der Waals surface area contributed by atoms with E-state index >= 15 is 0 Å². The summed E-state index contributed by atoms with van der Waals surface area (Å²) in [6, 6.07) is 5.35.